The first-order valence-corrected chi connectivity index (χ1v) is 8.53. The molecule has 1 fully saturated rings. The summed E-state index contributed by atoms with van der Waals surface area (Å²) in [6.07, 6.45) is 0.749. The summed E-state index contributed by atoms with van der Waals surface area (Å²) in [6.45, 7) is 9.29. The molecule has 25 heavy (non-hydrogen) atoms. The van der Waals surface area contributed by atoms with Crippen LogP contribution in [0.1, 0.15) is 35.6 Å². The van der Waals surface area contributed by atoms with Gasteiger partial charge < -0.3 is 14.2 Å². The van der Waals surface area contributed by atoms with Gasteiger partial charge in [0.05, 0.1) is 11.8 Å². The van der Waals surface area contributed by atoms with Gasteiger partial charge in [-0.1, -0.05) is 12.1 Å². The van der Waals surface area contributed by atoms with Crippen LogP contribution in [0.2, 0.25) is 0 Å². The van der Waals surface area contributed by atoms with Gasteiger partial charge in [0.1, 0.15) is 6.61 Å². The zero-order valence-electron chi connectivity index (χ0n) is 15.4. The van der Waals surface area contributed by atoms with Crippen LogP contribution in [0, 0.1) is 26.7 Å². The number of carbonyl (C=O) groups is 1. The van der Waals surface area contributed by atoms with Crippen LogP contribution in [0.25, 0.3) is 0 Å². The summed E-state index contributed by atoms with van der Waals surface area (Å²) in [7, 11) is 1.93. The monoisotopic (exact) mass is 347 g/mol. The van der Waals surface area contributed by atoms with Crippen molar-refractivity contribution in [1.82, 2.24) is 24.8 Å². The fourth-order valence-corrected chi connectivity index (χ4v) is 3.13. The summed E-state index contributed by atoms with van der Waals surface area (Å²) in [4.78, 5) is 18.5. The SMILES string of the molecule is Cc1noc(COC2CN(C(=O)C(C)Cc3c(C)nn(C)c3C)C2)n1. The van der Waals surface area contributed by atoms with Crippen LogP contribution < -0.4 is 0 Å². The lowest BCUT2D eigenvalue weighted by Gasteiger charge is -2.40. The first-order valence-electron chi connectivity index (χ1n) is 8.53. The summed E-state index contributed by atoms with van der Waals surface area (Å²) in [6, 6.07) is 0. The Labute approximate surface area is 147 Å². The Morgan fingerprint density at radius 1 is 1.36 bits per heavy atom. The van der Waals surface area contributed by atoms with Crippen molar-refractivity contribution in [2.24, 2.45) is 13.0 Å². The summed E-state index contributed by atoms with van der Waals surface area (Å²) < 4.78 is 12.6. The van der Waals surface area contributed by atoms with E-state index in [0.717, 1.165) is 11.4 Å². The Kier molecular flexibility index (Phi) is 4.89. The van der Waals surface area contributed by atoms with E-state index in [1.165, 1.54) is 5.56 Å². The van der Waals surface area contributed by atoms with Crippen LogP contribution in [-0.2, 0) is 29.6 Å². The standard InChI is InChI=1S/C17H25N5O3/c1-10(6-15-11(2)19-21(5)12(15)3)17(23)22-7-14(8-22)24-9-16-18-13(4)20-25-16/h10,14H,6-9H2,1-5H3. The second kappa shape index (κ2) is 6.95. The highest BCUT2D eigenvalue weighted by atomic mass is 16.5. The van der Waals surface area contributed by atoms with Crippen molar-refractivity contribution < 1.29 is 14.1 Å². The number of hydrogen-bond donors (Lipinski definition) is 0. The van der Waals surface area contributed by atoms with Crippen LogP contribution in [0.3, 0.4) is 0 Å². The number of aromatic nitrogens is 4. The molecule has 1 aliphatic heterocycles. The van der Waals surface area contributed by atoms with Gasteiger partial charge in [0, 0.05) is 31.7 Å². The Morgan fingerprint density at radius 3 is 2.64 bits per heavy atom. The predicted octanol–water partition coefficient (Wildman–Crippen LogP) is 1.33. The molecule has 0 aliphatic carbocycles. The quantitative estimate of drug-likeness (QED) is 0.784. The second-order valence-electron chi connectivity index (χ2n) is 6.79. The topological polar surface area (TPSA) is 86.3 Å². The molecule has 1 amide bonds. The van der Waals surface area contributed by atoms with Crippen LogP contribution in [0.4, 0.5) is 0 Å². The molecule has 1 unspecified atom stereocenters. The Morgan fingerprint density at radius 2 is 2.08 bits per heavy atom. The minimum Gasteiger partial charge on any atom is -0.365 e. The van der Waals surface area contributed by atoms with Gasteiger partial charge in [0.15, 0.2) is 5.82 Å². The smallest absolute Gasteiger partial charge is 0.252 e. The molecule has 2 aromatic rings. The number of carbonyl (C=O) groups excluding carboxylic acids is 1. The number of amides is 1. The number of likely N-dealkylation sites (tertiary alicyclic amines) is 1. The van der Waals surface area contributed by atoms with Crippen molar-refractivity contribution in [2.45, 2.75) is 46.8 Å². The summed E-state index contributed by atoms with van der Waals surface area (Å²) in [5, 5.41) is 8.14. The third kappa shape index (κ3) is 3.73. The maximum atomic E-state index is 12.6. The maximum absolute atomic E-state index is 12.6. The Bertz CT molecular complexity index is 760. The zero-order chi connectivity index (χ0) is 18.1. The molecule has 1 saturated heterocycles. The van der Waals surface area contributed by atoms with Gasteiger partial charge in [0.2, 0.25) is 5.91 Å². The number of hydrogen-bond acceptors (Lipinski definition) is 6. The minimum atomic E-state index is -0.0684. The van der Waals surface area contributed by atoms with Crippen molar-refractivity contribution in [3.05, 3.63) is 28.7 Å². The first-order chi connectivity index (χ1) is 11.8. The highest BCUT2D eigenvalue weighted by Crippen LogP contribution is 2.21. The lowest BCUT2D eigenvalue weighted by Crippen LogP contribution is -2.56. The molecule has 3 heterocycles. The molecule has 8 heteroatoms. The number of rotatable bonds is 6. The molecule has 1 aliphatic rings. The molecule has 0 N–H and O–H groups in total. The highest BCUT2D eigenvalue weighted by Gasteiger charge is 2.34. The van der Waals surface area contributed by atoms with Gasteiger partial charge >= 0.3 is 0 Å². The molecular formula is C17H25N5O3. The van der Waals surface area contributed by atoms with Crippen LogP contribution in [-0.4, -0.2) is 49.9 Å². The molecule has 0 spiro atoms. The summed E-state index contributed by atoms with van der Waals surface area (Å²) in [5.41, 5.74) is 3.29. The molecule has 0 saturated carbocycles. The number of ether oxygens (including phenoxy) is 1. The fourth-order valence-electron chi connectivity index (χ4n) is 3.13. The van der Waals surface area contributed by atoms with Gasteiger partial charge in [-0.15, -0.1) is 0 Å². The van der Waals surface area contributed by atoms with Crippen molar-refractivity contribution in [1.29, 1.82) is 0 Å². The molecule has 136 valence electrons. The lowest BCUT2D eigenvalue weighted by molar-refractivity contribution is -0.150. The van der Waals surface area contributed by atoms with E-state index in [1.54, 1.807) is 6.92 Å². The molecular weight excluding hydrogens is 322 g/mol. The summed E-state index contributed by atoms with van der Waals surface area (Å²) >= 11 is 0. The molecule has 0 radical (unpaired) electrons. The van der Waals surface area contributed by atoms with E-state index in [1.807, 2.05) is 37.4 Å². The van der Waals surface area contributed by atoms with Gasteiger partial charge in [-0.05, 0) is 32.8 Å². The highest BCUT2D eigenvalue weighted by molar-refractivity contribution is 5.79. The first kappa shape index (κ1) is 17.6. The normalized spacial score (nSPS) is 16.1. The van der Waals surface area contributed by atoms with Crippen molar-refractivity contribution >= 4 is 5.91 Å². The average Bonchev–Trinajstić information content (AvgIpc) is 3.04. The zero-order valence-corrected chi connectivity index (χ0v) is 15.4. The maximum Gasteiger partial charge on any atom is 0.252 e. The van der Waals surface area contributed by atoms with E-state index < -0.39 is 0 Å². The largest absolute Gasteiger partial charge is 0.365 e. The number of aryl methyl sites for hydroxylation is 3. The fraction of sp³-hybridized carbons (Fsp3) is 0.647. The van der Waals surface area contributed by atoms with Crippen LogP contribution in [0.15, 0.2) is 4.52 Å². The Balaban J connectivity index is 1.46. The van der Waals surface area contributed by atoms with E-state index in [9.17, 15) is 4.79 Å². The van der Waals surface area contributed by atoms with E-state index in [2.05, 4.69) is 15.2 Å². The second-order valence-corrected chi connectivity index (χ2v) is 6.79. The van der Waals surface area contributed by atoms with E-state index in [-0.39, 0.29) is 24.5 Å². The third-order valence-electron chi connectivity index (χ3n) is 4.76. The average molecular weight is 347 g/mol. The molecule has 0 aromatic carbocycles. The van der Waals surface area contributed by atoms with Crippen molar-refractivity contribution in [2.75, 3.05) is 13.1 Å². The molecule has 3 rings (SSSR count). The minimum absolute atomic E-state index is 0.0326. The molecule has 0 bridgehead atoms. The Hall–Kier alpha value is -2.22. The lowest BCUT2D eigenvalue weighted by atomic mass is 9.96. The molecule has 1 atom stereocenters. The van der Waals surface area contributed by atoms with Gasteiger partial charge in [-0.2, -0.15) is 10.1 Å². The van der Waals surface area contributed by atoms with E-state index >= 15 is 0 Å². The van der Waals surface area contributed by atoms with Gasteiger partial charge in [-0.3, -0.25) is 9.48 Å². The van der Waals surface area contributed by atoms with Gasteiger partial charge in [-0.25, -0.2) is 0 Å². The molecule has 2 aromatic heterocycles. The number of nitrogens with zero attached hydrogens (tertiary/aromatic N) is 5. The summed E-state index contributed by atoms with van der Waals surface area (Å²) in [5.74, 6) is 1.16. The molecule has 8 nitrogen and oxygen atoms in total. The predicted molar refractivity (Wildman–Crippen MR) is 89.7 cm³/mol. The van der Waals surface area contributed by atoms with E-state index in [0.29, 0.717) is 31.2 Å². The van der Waals surface area contributed by atoms with Crippen molar-refractivity contribution in [3.8, 4) is 0 Å². The van der Waals surface area contributed by atoms with Crippen LogP contribution in [0.5, 0.6) is 0 Å². The van der Waals surface area contributed by atoms with Crippen LogP contribution >= 0.6 is 0 Å². The third-order valence-corrected chi connectivity index (χ3v) is 4.76. The van der Waals surface area contributed by atoms with Crippen molar-refractivity contribution in [3.63, 3.8) is 0 Å². The van der Waals surface area contributed by atoms with E-state index in [4.69, 9.17) is 9.26 Å². The van der Waals surface area contributed by atoms with Gasteiger partial charge in [0.25, 0.3) is 5.89 Å².